The Kier molecular flexibility index (Phi) is 4.74. The summed E-state index contributed by atoms with van der Waals surface area (Å²) in [6.07, 6.45) is -1.41. The Morgan fingerprint density at radius 1 is 1.44 bits per heavy atom. The first-order valence-electron chi connectivity index (χ1n) is 4.73. The Morgan fingerprint density at radius 2 is 1.94 bits per heavy atom. The predicted octanol–water partition coefficient (Wildman–Crippen LogP) is -1.52. The predicted molar refractivity (Wildman–Crippen MR) is 56.8 cm³/mol. The van der Waals surface area contributed by atoms with Crippen LogP contribution in [0.1, 0.15) is 20.8 Å². The molecule has 92 valence electrons. The van der Waals surface area contributed by atoms with E-state index in [1.54, 1.807) is 20.8 Å². The molecule has 0 aromatic heterocycles. The van der Waals surface area contributed by atoms with Crippen molar-refractivity contribution in [2.75, 3.05) is 13.1 Å². The minimum Gasteiger partial charge on any atom is -0.530 e. The highest BCUT2D eigenvalue weighted by atomic mass is 16.4. The highest BCUT2D eigenvalue weighted by Gasteiger charge is 2.23. The summed E-state index contributed by atoms with van der Waals surface area (Å²) in [6.45, 7) is 4.53. The third kappa shape index (κ3) is 5.18. The number of nitrogens with two attached hydrogens (primary N) is 1. The molecule has 0 bridgehead atoms. The normalized spacial score (nSPS) is 10.7. The van der Waals surface area contributed by atoms with Crippen molar-refractivity contribution in [3.05, 3.63) is 0 Å². The van der Waals surface area contributed by atoms with Gasteiger partial charge in [-0.1, -0.05) is 0 Å². The Bertz CT molecular complexity index is 296. The molecule has 7 nitrogen and oxygen atoms in total. The largest absolute Gasteiger partial charge is 0.530 e. The summed E-state index contributed by atoms with van der Waals surface area (Å²) in [5.41, 5.74) is 4.33. The summed E-state index contributed by atoms with van der Waals surface area (Å²) in [5.74, 6) is -0.710. The van der Waals surface area contributed by atoms with Crippen molar-refractivity contribution in [3.63, 3.8) is 0 Å². The van der Waals surface area contributed by atoms with E-state index in [9.17, 15) is 14.7 Å². The maximum absolute atomic E-state index is 11.3. The molecule has 0 rings (SSSR count). The van der Waals surface area contributed by atoms with Gasteiger partial charge in [0.15, 0.2) is 0 Å². The summed E-state index contributed by atoms with van der Waals surface area (Å²) >= 11 is 0. The molecule has 0 radical (unpaired) electrons. The number of hydrogen-bond acceptors (Lipinski definition) is 4. The topological polar surface area (TPSA) is 122 Å². The number of carboxylic acid groups (broad SMARTS) is 1. The van der Waals surface area contributed by atoms with Gasteiger partial charge >= 0.3 is 0 Å². The minimum atomic E-state index is -1.41. The van der Waals surface area contributed by atoms with Crippen LogP contribution in [0.4, 0.5) is 4.79 Å². The van der Waals surface area contributed by atoms with Gasteiger partial charge in [0.05, 0.1) is 13.1 Å². The molecule has 0 saturated heterocycles. The molecular formula is C9H17N4O3-. The van der Waals surface area contributed by atoms with Gasteiger partial charge in [-0.25, -0.2) is 0 Å². The summed E-state index contributed by atoms with van der Waals surface area (Å²) in [7, 11) is 0. The van der Waals surface area contributed by atoms with Crippen molar-refractivity contribution >= 4 is 17.8 Å². The van der Waals surface area contributed by atoms with Crippen LogP contribution in [0.15, 0.2) is 0 Å². The summed E-state index contributed by atoms with van der Waals surface area (Å²) in [4.78, 5) is 23.0. The second kappa shape index (κ2) is 5.34. The number of rotatable bonds is 4. The van der Waals surface area contributed by atoms with Gasteiger partial charge in [-0.15, -0.1) is 0 Å². The fraction of sp³-hybridized carbons (Fsp3) is 0.667. The third-order valence-electron chi connectivity index (χ3n) is 1.81. The molecule has 0 aliphatic carbocycles. The van der Waals surface area contributed by atoms with Gasteiger partial charge in [0.1, 0.15) is 11.9 Å². The molecule has 0 saturated carbocycles. The van der Waals surface area contributed by atoms with E-state index in [1.807, 2.05) is 0 Å². The standard InChI is InChI=1S/C9H18N4O3/c1-9(2,3)13(8(15)16)5-7(14)12-4-6(10)11/h4-5H2,1-3H3,(H3,10,11)(H,12,14)(H,15,16)/p-1. The quantitative estimate of drug-likeness (QED) is 0.400. The van der Waals surface area contributed by atoms with E-state index in [-0.39, 0.29) is 18.9 Å². The number of amidine groups is 1. The number of hydrogen-bond donors (Lipinski definition) is 3. The zero-order chi connectivity index (χ0) is 12.9. The first kappa shape index (κ1) is 14.2. The maximum atomic E-state index is 11.3. The molecule has 0 unspecified atom stereocenters. The molecule has 0 aliphatic heterocycles. The van der Waals surface area contributed by atoms with Crippen LogP contribution >= 0.6 is 0 Å². The fourth-order valence-corrected chi connectivity index (χ4v) is 0.969. The van der Waals surface area contributed by atoms with E-state index in [0.29, 0.717) is 0 Å². The zero-order valence-electron chi connectivity index (χ0n) is 9.66. The Morgan fingerprint density at radius 3 is 2.25 bits per heavy atom. The van der Waals surface area contributed by atoms with Crippen molar-refractivity contribution in [1.82, 2.24) is 10.2 Å². The molecular weight excluding hydrogens is 212 g/mol. The fourth-order valence-electron chi connectivity index (χ4n) is 0.969. The number of carbonyl (C=O) groups excluding carboxylic acids is 2. The van der Waals surface area contributed by atoms with Crippen LogP contribution in [0.3, 0.4) is 0 Å². The number of nitrogens with one attached hydrogen (secondary N) is 2. The highest BCUT2D eigenvalue weighted by molar-refractivity contribution is 5.87. The van der Waals surface area contributed by atoms with Crippen LogP contribution in [0.5, 0.6) is 0 Å². The van der Waals surface area contributed by atoms with Crippen LogP contribution < -0.4 is 16.2 Å². The SMILES string of the molecule is CC(C)(C)N(CC(=O)NCC(=N)N)C(=O)[O-]. The van der Waals surface area contributed by atoms with Gasteiger partial charge in [0.25, 0.3) is 0 Å². The highest BCUT2D eigenvalue weighted by Crippen LogP contribution is 2.11. The first-order chi connectivity index (χ1) is 7.14. The molecule has 0 aliphatic rings. The zero-order valence-corrected chi connectivity index (χ0v) is 9.66. The van der Waals surface area contributed by atoms with E-state index < -0.39 is 17.5 Å². The van der Waals surface area contributed by atoms with Crippen molar-refractivity contribution in [2.45, 2.75) is 26.3 Å². The second-order valence-corrected chi connectivity index (χ2v) is 4.32. The van der Waals surface area contributed by atoms with Crippen LogP contribution in [-0.2, 0) is 4.79 Å². The van der Waals surface area contributed by atoms with Gasteiger partial charge in [-0.3, -0.25) is 10.2 Å². The molecule has 0 heterocycles. The van der Waals surface area contributed by atoms with E-state index >= 15 is 0 Å². The monoisotopic (exact) mass is 229 g/mol. The van der Waals surface area contributed by atoms with Crippen LogP contribution in [0, 0.1) is 5.41 Å². The summed E-state index contributed by atoms with van der Waals surface area (Å²) in [6, 6.07) is 0. The van der Waals surface area contributed by atoms with Crippen LogP contribution in [-0.4, -0.2) is 41.4 Å². The van der Waals surface area contributed by atoms with Crippen LogP contribution in [0.25, 0.3) is 0 Å². The molecule has 0 aromatic carbocycles. The number of amides is 2. The summed E-state index contributed by atoms with van der Waals surface area (Å²) < 4.78 is 0. The Balaban J connectivity index is 4.37. The lowest BCUT2D eigenvalue weighted by Crippen LogP contribution is -2.55. The molecule has 4 N–H and O–H groups in total. The molecule has 2 amide bonds. The average Bonchev–Trinajstić information content (AvgIpc) is 2.08. The van der Waals surface area contributed by atoms with E-state index in [0.717, 1.165) is 4.90 Å². The van der Waals surface area contributed by atoms with Crippen LogP contribution in [0.2, 0.25) is 0 Å². The van der Waals surface area contributed by atoms with Gasteiger partial charge in [0, 0.05) is 5.54 Å². The molecule has 0 fully saturated rings. The Labute approximate surface area is 94.1 Å². The second-order valence-electron chi connectivity index (χ2n) is 4.32. The number of carbonyl (C=O) groups is 2. The number of nitrogens with zero attached hydrogens (tertiary/aromatic N) is 1. The van der Waals surface area contributed by atoms with E-state index in [2.05, 4.69) is 5.32 Å². The smallest absolute Gasteiger partial charge is 0.239 e. The molecule has 0 spiro atoms. The van der Waals surface area contributed by atoms with Crippen molar-refractivity contribution in [3.8, 4) is 0 Å². The average molecular weight is 229 g/mol. The third-order valence-corrected chi connectivity index (χ3v) is 1.81. The van der Waals surface area contributed by atoms with E-state index in [1.165, 1.54) is 0 Å². The lowest BCUT2D eigenvalue weighted by molar-refractivity contribution is -0.270. The minimum absolute atomic E-state index is 0.0934. The van der Waals surface area contributed by atoms with Crippen molar-refractivity contribution in [1.29, 1.82) is 5.41 Å². The molecule has 0 aromatic rings. The lowest BCUT2D eigenvalue weighted by Gasteiger charge is -2.37. The van der Waals surface area contributed by atoms with Crippen molar-refractivity contribution in [2.24, 2.45) is 5.73 Å². The maximum Gasteiger partial charge on any atom is 0.239 e. The van der Waals surface area contributed by atoms with Gasteiger partial charge in [-0.2, -0.15) is 0 Å². The summed E-state index contributed by atoms with van der Waals surface area (Å²) in [5, 5.41) is 20.0. The van der Waals surface area contributed by atoms with Gasteiger partial charge in [0.2, 0.25) is 5.91 Å². The van der Waals surface area contributed by atoms with E-state index in [4.69, 9.17) is 11.1 Å². The first-order valence-corrected chi connectivity index (χ1v) is 4.73. The Hall–Kier alpha value is -1.79. The van der Waals surface area contributed by atoms with Crippen molar-refractivity contribution < 1.29 is 14.7 Å². The van der Waals surface area contributed by atoms with Gasteiger partial charge < -0.3 is 25.9 Å². The van der Waals surface area contributed by atoms with Gasteiger partial charge in [-0.05, 0) is 20.8 Å². The molecule has 7 heteroatoms. The lowest BCUT2D eigenvalue weighted by atomic mass is 10.1. The molecule has 0 atom stereocenters. The molecule has 16 heavy (non-hydrogen) atoms.